The van der Waals surface area contributed by atoms with Gasteiger partial charge >= 0.3 is 0 Å². The summed E-state index contributed by atoms with van der Waals surface area (Å²) >= 11 is 7.64. The van der Waals surface area contributed by atoms with Crippen molar-refractivity contribution in [2.45, 2.75) is 11.3 Å². The third-order valence-electron chi connectivity index (χ3n) is 4.97. The van der Waals surface area contributed by atoms with Crippen molar-refractivity contribution in [1.82, 2.24) is 9.88 Å². The molecule has 1 aromatic heterocycles. The summed E-state index contributed by atoms with van der Waals surface area (Å²) in [6, 6.07) is 12.6. The lowest BCUT2D eigenvalue weighted by Crippen LogP contribution is -2.49. The number of anilines is 1. The topological polar surface area (TPSA) is 70.6 Å². The van der Waals surface area contributed by atoms with Crippen LogP contribution in [0.2, 0.25) is 5.02 Å². The highest BCUT2D eigenvalue weighted by molar-refractivity contribution is 7.91. The van der Waals surface area contributed by atoms with Crippen molar-refractivity contribution in [3.63, 3.8) is 0 Å². The zero-order valence-corrected chi connectivity index (χ0v) is 18.2. The third-order valence-corrected chi connectivity index (χ3v) is 7.55. The normalized spacial score (nSPS) is 15.1. The van der Waals surface area contributed by atoms with Crippen LogP contribution in [-0.2, 0) is 21.1 Å². The molecular weight excluding hydrogens is 430 g/mol. The van der Waals surface area contributed by atoms with Gasteiger partial charge in [0.05, 0.1) is 16.0 Å². The largest absolute Gasteiger partial charge is 0.345 e. The molecule has 1 aliphatic heterocycles. The number of carbonyl (C=O) groups is 1. The molecule has 0 saturated carbocycles. The molecule has 2 aromatic carbocycles. The molecule has 1 amide bonds. The molecule has 0 bridgehead atoms. The van der Waals surface area contributed by atoms with Gasteiger partial charge in [-0.1, -0.05) is 47.2 Å². The number of piperazine rings is 1. The van der Waals surface area contributed by atoms with Crippen LogP contribution < -0.4 is 4.90 Å². The maximum absolute atomic E-state index is 12.6. The first-order valence-corrected chi connectivity index (χ1v) is 12.3. The van der Waals surface area contributed by atoms with Crippen LogP contribution in [0, 0.1) is 0 Å². The van der Waals surface area contributed by atoms with Gasteiger partial charge in [-0.2, -0.15) is 0 Å². The standard InChI is InChI=1S/C20H20ClN3O3S2/c1-29(26,27)17-8-4-7-16-19(17)22-20(28-16)24-11-9-23(10-12-24)18(25)13-14-5-2-3-6-15(14)21/h2-8H,9-13H2,1H3. The van der Waals surface area contributed by atoms with Gasteiger partial charge in [-0.3, -0.25) is 4.79 Å². The molecular formula is C20H20ClN3O3S2. The molecule has 0 atom stereocenters. The summed E-state index contributed by atoms with van der Waals surface area (Å²) in [5.74, 6) is 0.0569. The smallest absolute Gasteiger partial charge is 0.227 e. The van der Waals surface area contributed by atoms with Crippen LogP contribution in [0.3, 0.4) is 0 Å². The second-order valence-corrected chi connectivity index (χ2v) is 10.4. The Bertz CT molecular complexity index is 1170. The number of hydrogen-bond donors (Lipinski definition) is 0. The summed E-state index contributed by atoms with van der Waals surface area (Å²) in [6.07, 6.45) is 1.49. The van der Waals surface area contributed by atoms with Crippen molar-refractivity contribution < 1.29 is 13.2 Å². The average Bonchev–Trinajstić information content (AvgIpc) is 3.13. The molecule has 0 unspecified atom stereocenters. The van der Waals surface area contributed by atoms with E-state index in [1.807, 2.05) is 29.2 Å². The lowest BCUT2D eigenvalue weighted by molar-refractivity contribution is -0.130. The second-order valence-electron chi connectivity index (χ2n) is 7.01. The van der Waals surface area contributed by atoms with Crippen molar-refractivity contribution in [3.8, 4) is 0 Å². The molecule has 4 rings (SSSR count). The zero-order chi connectivity index (χ0) is 20.6. The first-order chi connectivity index (χ1) is 13.8. The van der Waals surface area contributed by atoms with E-state index in [1.165, 1.54) is 17.6 Å². The molecule has 0 radical (unpaired) electrons. The Morgan fingerprint density at radius 2 is 1.83 bits per heavy atom. The average molecular weight is 450 g/mol. The van der Waals surface area contributed by atoms with E-state index in [0.717, 1.165) is 15.4 Å². The van der Waals surface area contributed by atoms with Crippen molar-refractivity contribution in [2.24, 2.45) is 0 Å². The summed E-state index contributed by atoms with van der Waals surface area (Å²) < 4.78 is 24.9. The Morgan fingerprint density at radius 3 is 2.52 bits per heavy atom. The van der Waals surface area contributed by atoms with E-state index >= 15 is 0 Å². The predicted octanol–water partition coefficient (Wildman–Crippen LogP) is 3.24. The number of carbonyl (C=O) groups excluding carboxylic acids is 1. The van der Waals surface area contributed by atoms with Crippen LogP contribution in [0.4, 0.5) is 5.13 Å². The van der Waals surface area contributed by atoms with E-state index in [4.69, 9.17) is 11.6 Å². The number of amides is 1. The van der Waals surface area contributed by atoms with Crippen LogP contribution in [0.15, 0.2) is 47.4 Å². The number of nitrogens with zero attached hydrogens (tertiary/aromatic N) is 3. The molecule has 0 N–H and O–H groups in total. The monoisotopic (exact) mass is 449 g/mol. The quantitative estimate of drug-likeness (QED) is 0.611. The molecule has 9 heteroatoms. The molecule has 0 spiro atoms. The van der Waals surface area contributed by atoms with E-state index in [0.29, 0.717) is 43.1 Å². The van der Waals surface area contributed by atoms with Gasteiger partial charge in [0.15, 0.2) is 15.0 Å². The highest BCUT2D eigenvalue weighted by atomic mass is 35.5. The third kappa shape index (κ3) is 4.24. The number of fused-ring (bicyclic) bond motifs is 1. The van der Waals surface area contributed by atoms with Gasteiger partial charge in [0.2, 0.25) is 5.91 Å². The van der Waals surface area contributed by atoms with Gasteiger partial charge in [-0.05, 0) is 23.8 Å². The van der Waals surface area contributed by atoms with E-state index < -0.39 is 9.84 Å². The Balaban J connectivity index is 1.46. The van der Waals surface area contributed by atoms with E-state index in [-0.39, 0.29) is 10.8 Å². The minimum atomic E-state index is -3.34. The second kappa shape index (κ2) is 7.93. The van der Waals surface area contributed by atoms with Gasteiger partial charge in [0, 0.05) is 37.5 Å². The first kappa shape index (κ1) is 20.1. The first-order valence-electron chi connectivity index (χ1n) is 9.18. The van der Waals surface area contributed by atoms with Crippen LogP contribution >= 0.6 is 22.9 Å². The number of sulfone groups is 1. The van der Waals surface area contributed by atoms with E-state index in [1.54, 1.807) is 18.2 Å². The number of aromatic nitrogens is 1. The Hall–Kier alpha value is -2.16. The summed E-state index contributed by atoms with van der Waals surface area (Å²) in [7, 11) is -3.34. The summed E-state index contributed by atoms with van der Waals surface area (Å²) in [5.41, 5.74) is 1.35. The van der Waals surface area contributed by atoms with Gasteiger partial charge in [0.25, 0.3) is 0 Å². The van der Waals surface area contributed by atoms with Crippen LogP contribution in [0.1, 0.15) is 5.56 Å². The van der Waals surface area contributed by atoms with Crippen molar-refractivity contribution in [1.29, 1.82) is 0 Å². The number of benzene rings is 2. The number of rotatable bonds is 4. The Labute approximate surface area is 178 Å². The molecule has 1 fully saturated rings. The Kier molecular flexibility index (Phi) is 5.50. The molecule has 152 valence electrons. The number of thiazole rings is 1. The summed E-state index contributed by atoms with van der Waals surface area (Å²) in [4.78, 5) is 21.4. The molecule has 29 heavy (non-hydrogen) atoms. The molecule has 0 aliphatic carbocycles. The minimum absolute atomic E-state index is 0.0569. The lowest BCUT2D eigenvalue weighted by atomic mass is 10.1. The summed E-state index contributed by atoms with van der Waals surface area (Å²) in [6.45, 7) is 2.50. The fraction of sp³-hybridized carbons (Fsp3) is 0.300. The van der Waals surface area contributed by atoms with Gasteiger partial charge in [0.1, 0.15) is 5.52 Å². The highest BCUT2D eigenvalue weighted by Crippen LogP contribution is 2.33. The van der Waals surface area contributed by atoms with Crippen LogP contribution in [-0.4, -0.2) is 56.6 Å². The maximum Gasteiger partial charge on any atom is 0.227 e. The van der Waals surface area contributed by atoms with Crippen LogP contribution in [0.5, 0.6) is 0 Å². The molecule has 1 saturated heterocycles. The molecule has 2 heterocycles. The SMILES string of the molecule is CS(=O)(=O)c1cccc2sc(N3CCN(C(=O)Cc4ccccc4Cl)CC3)nc12. The Morgan fingerprint density at radius 1 is 1.10 bits per heavy atom. The summed E-state index contributed by atoms with van der Waals surface area (Å²) in [5, 5.41) is 1.39. The van der Waals surface area contributed by atoms with Gasteiger partial charge in [-0.15, -0.1) is 0 Å². The fourth-order valence-corrected chi connectivity index (χ4v) is 5.55. The number of para-hydroxylation sites is 1. The van der Waals surface area contributed by atoms with Crippen LogP contribution in [0.25, 0.3) is 10.2 Å². The molecule has 1 aliphatic rings. The zero-order valence-electron chi connectivity index (χ0n) is 15.8. The van der Waals surface area contributed by atoms with E-state index in [9.17, 15) is 13.2 Å². The minimum Gasteiger partial charge on any atom is -0.345 e. The maximum atomic E-state index is 12.6. The molecule has 3 aromatic rings. The fourth-order valence-electron chi connectivity index (χ4n) is 3.41. The van der Waals surface area contributed by atoms with Gasteiger partial charge in [-0.25, -0.2) is 13.4 Å². The van der Waals surface area contributed by atoms with Crippen molar-refractivity contribution >= 4 is 54.0 Å². The lowest BCUT2D eigenvalue weighted by Gasteiger charge is -2.34. The van der Waals surface area contributed by atoms with Crippen molar-refractivity contribution in [2.75, 3.05) is 37.3 Å². The van der Waals surface area contributed by atoms with Gasteiger partial charge < -0.3 is 9.80 Å². The predicted molar refractivity (Wildman–Crippen MR) is 117 cm³/mol. The molecule has 6 nitrogen and oxygen atoms in total. The number of hydrogen-bond acceptors (Lipinski definition) is 6. The van der Waals surface area contributed by atoms with Crippen molar-refractivity contribution in [3.05, 3.63) is 53.1 Å². The van der Waals surface area contributed by atoms with E-state index in [2.05, 4.69) is 9.88 Å². The highest BCUT2D eigenvalue weighted by Gasteiger charge is 2.24. The number of halogens is 1.